The molecule has 0 unspecified atom stereocenters. The average molecular weight is 395 g/mol. The molecular weight excluding hydrogens is 356 g/mol. The molecule has 1 aromatic rings. The van der Waals surface area contributed by atoms with Gasteiger partial charge in [0.2, 0.25) is 0 Å². The fourth-order valence-corrected chi connectivity index (χ4v) is 3.81. The third kappa shape index (κ3) is 6.31. The van der Waals surface area contributed by atoms with E-state index in [1.165, 1.54) is 34.1 Å². The van der Waals surface area contributed by atoms with Crippen LogP contribution < -0.4 is 10.2 Å². The van der Waals surface area contributed by atoms with Gasteiger partial charge in [-0.1, -0.05) is 41.9 Å². The summed E-state index contributed by atoms with van der Waals surface area (Å²) < 4.78 is 0. The van der Waals surface area contributed by atoms with Crippen molar-refractivity contribution in [3.8, 4) is 0 Å². The van der Waals surface area contributed by atoms with Crippen LogP contribution in [0.5, 0.6) is 0 Å². The number of nitrogens with one attached hydrogen (secondary N) is 2. The molecule has 2 rings (SSSR count). The van der Waals surface area contributed by atoms with Gasteiger partial charge in [-0.2, -0.15) is 0 Å². The second kappa shape index (κ2) is 10.4. The van der Waals surface area contributed by atoms with Crippen LogP contribution in [0, 0.1) is 5.41 Å². The van der Waals surface area contributed by atoms with Crippen molar-refractivity contribution in [2.45, 2.75) is 73.3 Å². The molecule has 0 spiro atoms. The fourth-order valence-electron chi connectivity index (χ4n) is 3.81. The van der Waals surface area contributed by atoms with E-state index in [9.17, 15) is 0 Å². The maximum absolute atomic E-state index is 8.07. The van der Waals surface area contributed by atoms with Crippen LogP contribution >= 0.6 is 0 Å². The summed E-state index contributed by atoms with van der Waals surface area (Å²) in [6.07, 6.45) is 7.61. The summed E-state index contributed by atoms with van der Waals surface area (Å²) in [5, 5.41) is 11.5. The molecule has 1 aromatic heterocycles. The van der Waals surface area contributed by atoms with Crippen LogP contribution in [0.4, 0.5) is 11.6 Å². The second-order valence-corrected chi connectivity index (χ2v) is 8.62. The third-order valence-electron chi connectivity index (χ3n) is 5.39. The minimum atomic E-state index is 0.263. The predicted molar refractivity (Wildman–Crippen MR) is 128 cm³/mol. The van der Waals surface area contributed by atoms with Crippen LogP contribution in [0.2, 0.25) is 0 Å². The number of piperidine rings is 1. The van der Waals surface area contributed by atoms with Crippen molar-refractivity contribution in [2.75, 3.05) is 23.3 Å². The van der Waals surface area contributed by atoms with Gasteiger partial charge in [-0.3, -0.25) is 0 Å². The van der Waals surface area contributed by atoms with Gasteiger partial charge in [-0.05, 0) is 71.9 Å². The van der Waals surface area contributed by atoms with E-state index in [0.717, 1.165) is 56.0 Å². The Labute approximate surface area is 177 Å². The molecule has 158 valence electrons. The van der Waals surface area contributed by atoms with Gasteiger partial charge in [0, 0.05) is 30.9 Å². The Balaban J connectivity index is 2.52. The lowest BCUT2D eigenvalue weighted by Crippen LogP contribution is -2.31. The number of allylic oxidation sites excluding steroid dienone is 4. The van der Waals surface area contributed by atoms with Crippen molar-refractivity contribution in [3.05, 3.63) is 52.1 Å². The number of hydrogen-bond donors (Lipinski definition) is 2. The van der Waals surface area contributed by atoms with E-state index in [1.54, 1.807) is 0 Å². The summed E-state index contributed by atoms with van der Waals surface area (Å²) in [6.45, 7) is 19.0. The molecule has 4 nitrogen and oxygen atoms in total. The molecule has 0 amide bonds. The lowest BCUT2D eigenvalue weighted by molar-refractivity contribution is 0.679. The van der Waals surface area contributed by atoms with E-state index in [4.69, 9.17) is 10.4 Å². The molecule has 29 heavy (non-hydrogen) atoms. The molecule has 0 aliphatic carbocycles. The van der Waals surface area contributed by atoms with Gasteiger partial charge in [-0.15, -0.1) is 0 Å². The molecule has 0 bridgehead atoms. The molecular formula is C25H38N4. The third-order valence-corrected chi connectivity index (χ3v) is 5.39. The minimum Gasteiger partial charge on any atom is -0.367 e. The second-order valence-electron chi connectivity index (χ2n) is 8.62. The van der Waals surface area contributed by atoms with E-state index >= 15 is 0 Å². The highest BCUT2D eigenvalue weighted by Gasteiger charge is 2.19. The first kappa shape index (κ1) is 22.9. The number of rotatable bonds is 8. The molecule has 1 aliphatic rings. The van der Waals surface area contributed by atoms with Crippen molar-refractivity contribution in [2.24, 2.45) is 0 Å². The quantitative estimate of drug-likeness (QED) is 0.309. The van der Waals surface area contributed by atoms with Gasteiger partial charge >= 0.3 is 0 Å². The Bertz CT molecular complexity index is 800. The predicted octanol–water partition coefficient (Wildman–Crippen LogP) is 6.29. The molecule has 0 atom stereocenters. The molecule has 2 heterocycles. The first-order valence-electron chi connectivity index (χ1n) is 10.8. The van der Waals surface area contributed by atoms with Crippen LogP contribution in [0.15, 0.2) is 41.0 Å². The number of aromatic nitrogens is 1. The number of hydrogen-bond acceptors (Lipinski definition) is 4. The number of anilines is 2. The van der Waals surface area contributed by atoms with Crippen molar-refractivity contribution in [3.63, 3.8) is 0 Å². The molecule has 4 heteroatoms. The molecule has 0 saturated carbocycles. The highest BCUT2D eigenvalue weighted by molar-refractivity contribution is 5.87. The summed E-state index contributed by atoms with van der Waals surface area (Å²) >= 11 is 0. The van der Waals surface area contributed by atoms with E-state index in [0.29, 0.717) is 0 Å². The van der Waals surface area contributed by atoms with Crippen molar-refractivity contribution >= 4 is 17.9 Å². The van der Waals surface area contributed by atoms with Gasteiger partial charge in [-0.25, -0.2) is 4.98 Å². The maximum Gasteiger partial charge on any atom is 0.137 e. The maximum atomic E-state index is 8.07. The van der Waals surface area contributed by atoms with Crippen molar-refractivity contribution in [1.29, 1.82) is 5.41 Å². The smallest absolute Gasteiger partial charge is 0.137 e. The Morgan fingerprint density at radius 1 is 1.28 bits per heavy atom. The summed E-state index contributed by atoms with van der Waals surface area (Å²) in [5.74, 6) is 1.83. The van der Waals surface area contributed by atoms with Crippen LogP contribution in [0.3, 0.4) is 0 Å². The van der Waals surface area contributed by atoms with Gasteiger partial charge in [0.05, 0.1) is 0 Å². The molecule has 1 aliphatic heterocycles. The largest absolute Gasteiger partial charge is 0.367 e. The van der Waals surface area contributed by atoms with E-state index < -0.39 is 0 Å². The van der Waals surface area contributed by atoms with E-state index in [2.05, 4.69) is 70.5 Å². The average Bonchev–Trinajstić information content (AvgIpc) is 2.65. The Kier molecular flexibility index (Phi) is 8.24. The van der Waals surface area contributed by atoms with Gasteiger partial charge in [0.1, 0.15) is 11.6 Å². The lowest BCUT2D eigenvalue weighted by atomic mass is 9.94. The highest BCUT2D eigenvalue weighted by atomic mass is 15.2. The van der Waals surface area contributed by atoms with E-state index in [1.807, 2.05) is 0 Å². The Hall–Kier alpha value is -2.36. The normalized spacial score (nSPS) is 15.3. The molecule has 0 radical (unpaired) electrons. The minimum absolute atomic E-state index is 0.263. The summed E-state index contributed by atoms with van der Waals surface area (Å²) in [4.78, 5) is 7.28. The van der Waals surface area contributed by atoms with Gasteiger partial charge in [0.15, 0.2) is 0 Å². The Morgan fingerprint density at radius 2 is 1.93 bits per heavy atom. The molecule has 1 saturated heterocycles. The zero-order valence-electron chi connectivity index (χ0n) is 19.2. The Morgan fingerprint density at radius 3 is 2.45 bits per heavy atom. The van der Waals surface area contributed by atoms with Crippen molar-refractivity contribution < 1.29 is 0 Å². The highest BCUT2D eigenvalue weighted by Crippen LogP contribution is 2.29. The zero-order chi connectivity index (χ0) is 21.6. The molecule has 2 N–H and O–H groups in total. The summed E-state index contributed by atoms with van der Waals surface area (Å²) in [5.41, 5.74) is 7.46. The lowest BCUT2D eigenvalue weighted by Gasteiger charge is -2.30. The zero-order valence-corrected chi connectivity index (χ0v) is 19.2. The van der Waals surface area contributed by atoms with Gasteiger partial charge in [0.25, 0.3) is 0 Å². The standard InChI is InChI=1S/C25H38N4/c1-8-21(20(7)13-17(2)3)14-22-15-24(29-11-9-19(6)10-12-29)28-25(23(22)16-26)27-18(4)5/h13,15-16,18,26H,6,8-12,14H2,1-5,7H3,(H,27,28)/b21-20+,26-16?. The number of nitrogens with zero attached hydrogens (tertiary/aromatic N) is 2. The van der Waals surface area contributed by atoms with E-state index in [-0.39, 0.29) is 6.04 Å². The number of pyridine rings is 1. The molecule has 0 aromatic carbocycles. The van der Waals surface area contributed by atoms with Crippen LogP contribution in [0.25, 0.3) is 0 Å². The van der Waals surface area contributed by atoms with Crippen LogP contribution in [0.1, 0.15) is 71.9 Å². The SMILES string of the molecule is C=C1CCN(c2cc(C/C(CC)=C(\C)C=C(C)C)c(C=N)c(NC(C)C)n2)CC1. The first-order chi connectivity index (χ1) is 13.7. The topological polar surface area (TPSA) is 52.0 Å². The van der Waals surface area contributed by atoms with Crippen LogP contribution in [-0.2, 0) is 6.42 Å². The molecule has 1 fully saturated rings. The summed E-state index contributed by atoms with van der Waals surface area (Å²) in [6, 6.07) is 2.46. The van der Waals surface area contributed by atoms with Crippen LogP contribution in [-0.4, -0.2) is 30.3 Å². The van der Waals surface area contributed by atoms with Crippen molar-refractivity contribution in [1.82, 2.24) is 4.98 Å². The summed E-state index contributed by atoms with van der Waals surface area (Å²) in [7, 11) is 0. The fraction of sp³-hybridized carbons (Fsp3) is 0.520. The first-order valence-corrected chi connectivity index (χ1v) is 10.8. The van der Waals surface area contributed by atoms with Gasteiger partial charge < -0.3 is 15.6 Å². The monoisotopic (exact) mass is 394 g/mol.